The number of nitrogens with zero attached hydrogens (tertiary/aromatic N) is 3. The third kappa shape index (κ3) is 5.32. The van der Waals surface area contributed by atoms with E-state index in [0.29, 0.717) is 21.6 Å². The van der Waals surface area contributed by atoms with Gasteiger partial charge in [-0.25, -0.2) is 8.42 Å². The molecule has 0 aliphatic carbocycles. The van der Waals surface area contributed by atoms with Crippen LogP contribution in [0.3, 0.4) is 0 Å². The van der Waals surface area contributed by atoms with Gasteiger partial charge in [0, 0.05) is 34.0 Å². The number of anilines is 2. The van der Waals surface area contributed by atoms with Crippen molar-refractivity contribution in [3.8, 4) is 11.4 Å². The molecule has 1 aliphatic heterocycles. The van der Waals surface area contributed by atoms with Crippen molar-refractivity contribution in [2.24, 2.45) is 0 Å². The van der Waals surface area contributed by atoms with Crippen molar-refractivity contribution in [3.63, 3.8) is 0 Å². The summed E-state index contributed by atoms with van der Waals surface area (Å²) < 4.78 is 33.7. The zero-order valence-corrected chi connectivity index (χ0v) is 24.2. The van der Waals surface area contributed by atoms with Crippen LogP contribution < -0.4 is 19.7 Å². The zero-order valence-electron chi connectivity index (χ0n) is 21.8. The van der Waals surface area contributed by atoms with Gasteiger partial charge in [0.1, 0.15) is 5.75 Å². The molecule has 2 aromatic carbocycles. The van der Waals surface area contributed by atoms with Crippen LogP contribution in [0, 0.1) is 13.8 Å². The normalized spacial score (nSPS) is 17.3. The lowest BCUT2D eigenvalue weighted by Crippen LogP contribution is -2.29. The van der Waals surface area contributed by atoms with Crippen LogP contribution in [0.5, 0.6) is 5.75 Å². The zero-order chi connectivity index (χ0) is 27.9. The van der Waals surface area contributed by atoms with Crippen molar-refractivity contribution in [1.29, 1.82) is 0 Å². The van der Waals surface area contributed by atoms with Crippen LogP contribution in [-0.2, 0) is 10.0 Å². The predicted molar refractivity (Wildman–Crippen MR) is 160 cm³/mol. The summed E-state index contributed by atoms with van der Waals surface area (Å²) in [4.78, 5) is 6.70. The number of methoxy groups -OCH3 is 1. The molecule has 1 aliphatic rings. The second kappa shape index (κ2) is 10.5. The molecule has 202 valence electrons. The molecule has 5 rings (SSSR count). The van der Waals surface area contributed by atoms with Gasteiger partial charge in [-0.15, -0.1) is 0 Å². The van der Waals surface area contributed by atoms with Crippen molar-refractivity contribution >= 4 is 50.3 Å². The predicted octanol–water partition coefficient (Wildman–Crippen LogP) is 5.70. The van der Waals surface area contributed by atoms with Gasteiger partial charge in [0.05, 0.1) is 36.8 Å². The Kier molecular flexibility index (Phi) is 7.28. The Morgan fingerprint density at radius 1 is 1.08 bits per heavy atom. The molecule has 1 saturated heterocycles. The minimum atomic E-state index is -3.39. The molecule has 0 bridgehead atoms. The summed E-state index contributed by atoms with van der Waals surface area (Å²) in [7, 11) is -1.75. The number of ether oxygens (including phenoxy) is 1. The molecule has 11 heteroatoms. The molecule has 39 heavy (non-hydrogen) atoms. The van der Waals surface area contributed by atoms with Gasteiger partial charge < -0.3 is 19.5 Å². The number of benzene rings is 2. The summed E-state index contributed by atoms with van der Waals surface area (Å²) in [5.41, 5.74) is 6.06. The lowest BCUT2D eigenvalue weighted by Gasteiger charge is -2.28. The van der Waals surface area contributed by atoms with E-state index >= 15 is 0 Å². The highest BCUT2D eigenvalue weighted by Gasteiger charge is 2.42. The maximum absolute atomic E-state index is 11.7. The number of aryl methyl sites for hydroxylation is 1. The van der Waals surface area contributed by atoms with E-state index in [2.05, 4.69) is 37.5 Å². The van der Waals surface area contributed by atoms with Crippen molar-refractivity contribution in [2.45, 2.75) is 25.9 Å². The Labute approximate surface area is 238 Å². The Morgan fingerprint density at radius 3 is 2.46 bits per heavy atom. The van der Waals surface area contributed by atoms with Gasteiger partial charge in [-0.1, -0.05) is 17.7 Å². The van der Waals surface area contributed by atoms with E-state index in [1.807, 2.05) is 49.4 Å². The number of aromatic nitrogens is 2. The molecule has 8 nitrogen and oxygen atoms in total. The quantitative estimate of drug-likeness (QED) is 0.271. The Bertz CT molecular complexity index is 1640. The monoisotopic (exact) mass is 581 g/mol. The lowest BCUT2D eigenvalue weighted by atomic mass is 9.96. The first-order valence-corrected chi connectivity index (χ1v) is 14.9. The highest BCUT2D eigenvalue weighted by molar-refractivity contribution is 7.92. The molecule has 3 heterocycles. The number of hydrogen-bond acceptors (Lipinski definition) is 5. The molecule has 0 unspecified atom stereocenters. The van der Waals surface area contributed by atoms with Crippen LogP contribution in [0.2, 0.25) is 5.02 Å². The molecular formula is C28H28ClN5O3S2. The van der Waals surface area contributed by atoms with Gasteiger partial charge >= 0.3 is 0 Å². The lowest BCUT2D eigenvalue weighted by molar-refractivity contribution is 0.412. The van der Waals surface area contributed by atoms with Crippen LogP contribution in [0.25, 0.3) is 5.69 Å². The molecule has 0 spiro atoms. The van der Waals surface area contributed by atoms with Crippen molar-refractivity contribution in [2.75, 3.05) is 23.0 Å². The smallest absolute Gasteiger partial charge is 0.229 e. The first kappa shape index (κ1) is 27.0. The minimum absolute atomic E-state index is 0.234. The number of nitrogens with one attached hydrogen (secondary N) is 2. The molecule has 2 aromatic heterocycles. The largest absolute Gasteiger partial charge is 0.495 e. The van der Waals surface area contributed by atoms with Crippen LogP contribution in [-0.4, -0.2) is 36.4 Å². The van der Waals surface area contributed by atoms with Crippen LogP contribution >= 0.6 is 23.8 Å². The highest BCUT2D eigenvalue weighted by Crippen LogP contribution is 2.44. The van der Waals surface area contributed by atoms with Crippen molar-refractivity contribution < 1.29 is 13.2 Å². The number of thiocarbonyl (C=S) groups is 1. The molecule has 0 radical (unpaired) electrons. The van der Waals surface area contributed by atoms with Crippen LogP contribution in [0.15, 0.2) is 72.9 Å². The molecule has 2 N–H and O–H groups in total. The second-order valence-corrected chi connectivity index (χ2v) is 12.0. The topological polar surface area (TPSA) is 88.5 Å². The summed E-state index contributed by atoms with van der Waals surface area (Å²) >= 11 is 12.2. The van der Waals surface area contributed by atoms with E-state index in [0.717, 1.165) is 40.3 Å². The van der Waals surface area contributed by atoms with E-state index in [4.69, 9.17) is 28.6 Å². The average Bonchev–Trinajstić information content (AvgIpc) is 3.39. The van der Waals surface area contributed by atoms with Gasteiger partial charge in [0.15, 0.2) is 5.11 Å². The van der Waals surface area contributed by atoms with Crippen molar-refractivity contribution in [3.05, 3.63) is 101 Å². The first-order chi connectivity index (χ1) is 18.6. The fourth-order valence-electron chi connectivity index (χ4n) is 5.15. The van der Waals surface area contributed by atoms with Gasteiger partial charge in [-0.2, -0.15) is 0 Å². The highest BCUT2D eigenvalue weighted by atomic mass is 35.5. The van der Waals surface area contributed by atoms with Crippen LogP contribution in [0.4, 0.5) is 11.4 Å². The van der Waals surface area contributed by atoms with E-state index in [1.54, 1.807) is 31.5 Å². The van der Waals surface area contributed by atoms with Gasteiger partial charge in [0.2, 0.25) is 10.0 Å². The minimum Gasteiger partial charge on any atom is -0.495 e. The number of hydrogen-bond donors (Lipinski definition) is 2. The third-order valence-electron chi connectivity index (χ3n) is 6.72. The van der Waals surface area contributed by atoms with Gasteiger partial charge in [-0.05, 0) is 92.3 Å². The second-order valence-electron chi connectivity index (χ2n) is 9.40. The molecular weight excluding hydrogens is 554 g/mol. The standard InChI is InChI=1S/C28H28ClN5O3S2/c1-17-15-22(18(2)33(17)24-16-19(29)8-13-25(24)37-3)27-26(23-7-5-6-14-30-23)31-28(38)34(27)21-11-9-20(10-12-21)32-39(4,35)36/h5-16,26-27,32H,1-4H3,(H,31,38)/t26-,27-/m1/s1. The molecule has 4 aromatic rings. The molecule has 2 atom stereocenters. The molecule has 0 saturated carbocycles. The van der Waals surface area contributed by atoms with E-state index in [9.17, 15) is 8.42 Å². The van der Waals surface area contributed by atoms with E-state index < -0.39 is 10.0 Å². The molecule has 1 fully saturated rings. The first-order valence-electron chi connectivity index (χ1n) is 12.2. The van der Waals surface area contributed by atoms with Gasteiger partial charge in [0.25, 0.3) is 0 Å². The maximum Gasteiger partial charge on any atom is 0.229 e. The van der Waals surface area contributed by atoms with Crippen LogP contribution in [0.1, 0.15) is 34.7 Å². The fourth-order valence-corrected chi connectivity index (χ4v) is 6.23. The Balaban J connectivity index is 1.65. The molecule has 0 amide bonds. The third-order valence-corrected chi connectivity index (χ3v) is 7.87. The van der Waals surface area contributed by atoms with E-state index in [-0.39, 0.29) is 12.1 Å². The summed E-state index contributed by atoms with van der Waals surface area (Å²) in [6.07, 6.45) is 2.89. The number of halogens is 1. The Morgan fingerprint density at radius 2 is 1.82 bits per heavy atom. The summed E-state index contributed by atoms with van der Waals surface area (Å²) in [5.74, 6) is 0.708. The fraction of sp³-hybridized carbons (Fsp3) is 0.214. The summed E-state index contributed by atoms with van der Waals surface area (Å²) in [6, 6.07) is 20.2. The van der Waals surface area contributed by atoms with E-state index in [1.165, 1.54) is 0 Å². The summed E-state index contributed by atoms with van der Waals surface area (Å²) in [6.45, 7) is 4.11. The summed E-state index contributed by atoms with van der Waals surface area (Å²) in [5, 5.41) is 4.63. The van der Waals surface area contributed by atoms with Gasteiger partial charge in [-0.3, -0.25) is 9.71 Å². The Hall–Kier alpha value is -3.60. The number of pyridine rings is 1. The number of rotatable bonds is 7. The average molecular weight is 582 g/mol. The van der Waals surface area contributed by atoms with Crippen molar-refractivity contribution in [1.82, 2.24) is 14.9 Å². The maximum atomic E-state index is 11.7. The SMILES string of the molecule is COc1ccc(Cl)cc1-n1c(C)cc([C@@H]2[C@@H](c3ccccn3)NC(=S)N2c2ccc(NS(C)(=O)=O)cc2)c1C. The number of sulfonamides is 1.